The van der Waals surface area contributed by atoms with E-state index in [-0.39, 0.29) is 26.0 Å². The number of imide groups is 1. The standard InChI is InChI=1S/C17H20N4O7/c1-9-7-21(17(27)19-16(9)26)15-6-10(11(8-22)28-15)18-12(23)4-5-20-13(24)2-3-14(20)25/h2-3,7,10-11,15,22H,4-6,8H2,1H3,(H,18,23)(H,19,26,27)/t10-,11-,15-/m0/s1. The fourth-order valence-corrected chi connectivity index (χ4v) is 3.17. The molecule has 0 bridgehead atoms. The van der Waals surface area contributed by atoms with Crippen molar-refractivity contribution in [2.24, 2.45) is 0 Å². The predicted octanol–water partition coefficient (Wildman–Crippen LogP) is -2.08. The maximum Gasteiger partial charge on any atom is 0.330 e. The van der Waals surface area contributed by atoms with Gasteiger partial charge in [0.05, 0.1) is 12.6 Å². The molecular weight excluding hydrogens is 372 g/mol. The summed E-state index contributed by atoms with van der Waals surface area (Å²) in [6.45, 7) is 1.10. The molecule has 0 radical (unpaired) electrons. The largest absolute Gasteiger partial charge is 0.394 e. The van der Waals surface area contributed by atoms with Gasteiger partial charge < -0.3 is 15.2 Å². The monoisotopic (exact) mass is 392 g/mol. The lowest BCUT2D eigenvalue weighted by Crippen LogP contribution is -2.43. The van der Waals surface area contributed by atoms with E-state index in [9.17, 15) is 29.1 Å². The van der Waals surface area contributed by atoms with Crippen molar-refractivity contribution >= 4 is 17.7 Å². The Hall–Kier alpha value is -3.05. The molecule has 0 aliphatic carbocycles. The molecule has 3 heterocycles. The lowest BCUT2D eigenvalue weighted by Gasteiger charge is -2.18. The molecule has 3 amide bonds. The number of aliphatic hydroxyl groups excluding tert-OH is 1. The molecule has 0 unspecified atom stereocenters. The summed E-state index contributed by atoms with van der Waals surface area (Å²) in [6.07, 6.45) is 2.23. The molecule has 3 N–H and O–H groups in total. The molecule has 0 saturated carbocycles. The van der Waals surface area contributed by atoms with Gasteiger partial charge in [0, 0.05) is 43.3 Å². The molecule has 1 aromatic rings. The Labute approximate surface area is 158 Å². The van der Waals surface area contributed by atoms with Crippen LogP contribution in [0.1, 0.15) is 24.6 Å². The first-order valence-electron chi connectivity index (χ1n) is 8.71. The van der Waals surface area contributed by atoms with Gasteiger partial charge in [0.15, 0.2) is 0 Å². The Morgan fingerprint density at radius 3 is 2.61 bits per heavy atom. The third-order valence-corrected chi connectivity index (χ3v) is 4.68. The van der Waals surface area contributed by atoms with Crippen molar-refractivity contribution in [1.82, 2.24) is 19.8 Å². The van der Waals surface area contributed by atoms with Crippen LogP contribution in [0.15, 0.2) is 27.9 Å². The number of nitrogens with zero attached hydrogens (tertiary/aromatic N) is 2. The molecule has 1 fully saturated rings. The van der Waals surface area contributed by atoms with Crippen LogP contribution in [-0.2, 0) is 19.1 Å². The van der Waals surface area contributed by atoms with E-state index in [0.29, 0.717) is 5.56 Å². The lowest BCUT2D eigenvalue weighted by molar-refractivity contribution is -0.137. The number of H-pyrrole nitrogens is 1. The van der Waals surface area contributed by atoms with Crippen molar-refractivity contribution in [2.45, 2.75) is 38.1 Å². The highest BCUT2D eigenvalue weighted by atomic mass is 16.5. The van der Waals surface area contributed by atoms with Gasteiger partial charge in [0.1, 0.15) is 12.3 Å². The minimum absolute atomic E-state index is 0.0597. The molecule has 3 atom stereocenters. The summed E-state index contributed by atoms with van der Waals surface area (Å²) in [5, 5.41) is 12.2. The number of rotatable bonds is 6. The molecule has 28 heavy (non-hydrogen) atoms. The number of amides is 3. The average molecular weight is 392 g/mol. The number of aromatic amines is 1. The third-order valence-electron chi connectivity index (χ3n) is 4.68. The van der Waals surface area contributed by atoms with Crippen LogP contribution < -0.4 is 16.6 Å². The summed E-state index contributed by atoms with van der Waals surface area (Å²) in [7, 11) is 0. The fourth-order valence-electron chi connectivity index (χ4n) is 3.17. The number of hydrogen-bond acceptors (Lipinski definition) is 7. The maximum absolute atomic E-state index is 12.2. The van der Waals surface area contributed by atoms with Crippen LogP contribution >= 0.6 is 0 Å². The van der Waals surface area contributed by atoms with Crippen LogP contribution in [0.2, 0.25) is 0 Å². The second kappa shape index (κ2) is 7.90. The summed E-state index contributed by atoms with van der Waals surface area (Å²) in [5.74, 6) is -1.36. The lowest BCUT2D eigenvalue weighted by atomic mass is 10.1. The minimum Gasteiger partial charge on any atom is -0.394 e. The van der Waals surface area contributed by atoms with Crippen LogP contribution in [0, 0.1) is 6.92 Å². The van der Waals surface area contributed by atoms with Gasteiger partial charge in [-0.2, -0.15) is 0 Å². The van der Waals surface area contributed by atoms with Crippen molar-refractivity contribution in [2.75, 3.05) is 13.2 Å². The first-order valence-corrected chi connectivity index (χ1v) is 8.71. The highest BCUT2D eigenvalue weighted by Crippen LogP contribution is 2.27. The van der Waals surface area contributed by atoms with Gasteiger partial charge >= 0.3 is 5.69 Å². The normalized spacial score (nSPS) is 24.2. The summed E-state index contributed by atoms with van der Waals surface area (Å²) in [4.78, 5) is 61.9. The summed E-state index contributed by atoms with van der Waals surface area (Å²) < 4.78 is 6.85. The Bertz CT molecular complexity index is 930. The van der Waals surface area contributed by atoms with E-state index < -0.39 is 47.3 Å². The quantitative estimate of drug-likeness (QED) is 0.470. The number of aromatic nitrogens is 2. The summed E-state index contributed by atoms with van der Waals surface area (Å²) in [6, 6.07) is -0.579. The molecule has 11 nitrogen and oxygen atoms in total. The molecule has 3 rings (SSSR count). The maximum atomic E-state index is 12.2. The van der Waals surface area contributed by atoms with Crippen LogP contribution in [0.4, 0.5) is 0 Å². The van der Waals surface area contributed by atoms with Crippen molar-refractivity contribution in [3.8, 4) is 0 Å². The van der Waals surface area contributed by atoms with E-state index in [1.807, 2.05) is 0 Å². The number of nitrogens with one attached hydrogen (secondary N) is 2. The first kappa shape index (κ1) is 19.7. The Morgan fingerprint density at radius 2 is 1.96 bits per heavy atom. The second-order valence-corrected chi connectivity index (χ2v) is 6.61. The van der Waals surface area contributed by atoms with Gasteiger partial charge in [-0.05, 0) is 6.92 Å². The smallest absolute Gasteiger partial charge is 0.330 e. The molecule has 0 aromatic carbocycles. The van der Waals surface area contributed by atoms with E-state index in [2.05, 4.69) is 10.3 Å². The number of carbonyl (C=O) groups excluding carboxylic acids is 3. The van der Waals surface area contributed by atoms with E-state index in [0.717, 1.165) is 17.1 Å². The van der Waals surface area contributed by atoms with E-state index in [1.54, 1.807) is 6.92 Å². The van der Waals surface area contributed by atoms with Crippen molar-refractivity contribution in [3.63, 3.8) is 0 Å². The van der Waals surface area contributed by atoms with Gasteiger partial charge in [0.25, 0.3) is 17.4 Å². The molecule has 2 aliphatic heterocycles. The third kappa shape index (κ3) is 3.94. The van der Waals surface area contributed by atoms with E-state index in [1.165, 1.54) is 10.8 Å². The number of carbonyl (C=O) groups is 3. The topological polar surface area (TPSA) is 151 Å². The zero-order valence-electron chi connectivity index (χ0n) is 15.1. The van der Waals surface area contributed by atoms with Gasteiger partial charge in [0.2, 0.25) is 5.91 Å². The van der Waals surface area contributed by atoms with Gasteiger partial charge in [-0.3, -0.25) is 33.6 Å². The molecule has 0 spiro atoms. The Balaban J connectivity index is 1.62. The number of ether oxygens (including phenoxy) is 1. The van der Waals surface area contributed by atoms with Crippen LogP contribution in [0.25, 0.3) is 0 Å². The Morgan fingerprint density at radius 1 is 1.29 bits per heavy atom. The first-order chi connectivity index (χ1) is 13.3. The van der Waals surface area contributed by atoms with Crippen LogP contribution in [-0.4, -0.2) is 62.6 Å². The van der Waals surface area contributed by atoms with E-state index >= 15 is 0 Å². The fraction of sp³-hybridized carbons (Fsp3) is 0.471. The van der Waals surface area contributed by atoms with Crippen LogP contribution in [0.3, 0.4) is 0 Å². The highest BCUT2D eigenvalue weighted by Gasteiger charge is 2.37. The molecule has 1 aromatic heterocycles. The van der Waals surface area contributed by atoms with Crippen LogP contribution in [0.5, 0.6) is 0 Å². The SMILES string of the molecule is Cc1cn([C@@H]2C[C@H](NC(=O)CCN3C(=O)C=CC3=O)[C@H](CO)O2)c(=O)[nH]c1=O. The highest BCUT2D eigenvalue weighted by molar-refractivity contribution is 6.13. The van der Waals surface area contributed by atoms with Gasteiger partial charge in [-0.25, -0.2) is 4.79 Å². The van der Waals surface area contributed by atoms with Gasteiger partial charge in [-0.1, -0.05) is 0 Å². The Kier molecular flexibility index (Phi) is 5.56. The molecule has 1 saturated heterocycles. The number of aliphatic hydroxyl groups is 1. The van der Waals surface area contributed by atoms with Crippen molar-refractivity contribution in [1.29, 1.82) is 0 Å². The molecule has 11 heteroatoms. The zero-order valence-corrected chi connectivity index (χ0v) is 15.1. The second-order valence-electron chi connectivity index (χ2n) is 6.61. The number of aryl methyl sites for hydroxylation is 1. The predicted molar refractivity (Wildman–Crippen MR) is 94.1 cm³/mol. The average Bonchev–Trinajstić information content (AvgIpc) is 3.19. The van der Waals surface area contributed by atoms with Crippen molar-refractivity contribution < 1.29 is 24.2 Å². The minimum atomic E-state index is -0.767. The molecular formula is C17H20N4O7. The van der Waals surface area contributed by atoms with E-state index in [4.69, 9.17) is 4.74 Å². The number of hydrogen-bond donors (Lipinski definition) is 3. The molecule has 150 valence electrons. The molecule has 2 aliphatic rings. The van der Waals surface area contributed by atoms with Gasteiger partial charge in [-0.15, -0.1) is 0 Å². The summed E-state index contributed by atoms with van der Waals surface area (Å²) >= 11 is 0. The summed E-state index contributed by atoms with van der Waals surface area (Å²) in [5.41, 5.74) is -0.823. The van der Waals surface area contributed by atoms with Crippen molar-refractivity contribution in [3.05, 3.63) is 44.8 Å². The zero-order chi connectivity index (χ0) is 20.4.